The van der Waals surface area contributed by atoms with Crippen LogP contribution in [0.3, 0.4) is 0 Å². The third-order valence-electron chi connectivity index (χ3n) is 3.22. The summed E-state index contributed by atoms with van der Waals surface area (Å²) in [6, 6.07) is -0.793. The van der Waals surface area contributed by atoms with E-state index in [1.54, 1.807) is 0 Å². The van der Waals surface area contributed by atoms with E-state index in [-0.39, 0.29) is 12.5 Å². The number of carbonyl (C=O) groups excluding carboxylic acids is 2. The molecule has 8 nitrogen and oxygen atoms in total. The maximum absolute atomic E-state index is 12.3. The number of aromatic amines is 1. The lowest BCUT2D eigenvalue weighted by atomic mass is 10.1. The Bertz CT molecular complexity index is 508. The molecule has 0 radical (unpaired) electrons. The molecule has 3 heterocycles. The fraction of sp³-hybridized carbons (Fsp3) is 0.545. The number of esters is 1. The van der Waals surface area contributed by atoms with Crippen molar-refractivity contribution < 1.29 is 23.8 Å². The van der Waals surface area contributed by atoms with Gasteiger partial charge in [0, 0.05) is 5.56 Å². The molecule has 1 unspecified atom stereocenters. The monoisotopic (exact) mass is 267 g/mol. The van der Waals surface area contributed by atoms with Crippen molar-refractivity contribution in [2.24, 2.45) is 0 Å². The van der Waals surface area contributed by atoms with E-state index in [4.69, 9.17) is 14.2 Å². The molecule has 19 heavy (non-hydrogen) atoms. The van der Waals surface area contributed by atoms with Crippen molar-refractivity contribution in [3.63, 3.8) is 0 Å². The standard InChI is InChI=1S/C11H13N3O5/c1-17-10(16)8-6-4-12-13-7(6)5-14(8)9(15)11-18-2-3-19-11/h4,8,11H,2-3,5H2,1H3,(H,12,13). The van der Waals surface area contributed by atoms with Crippen molar-refractivity contribution in [3.05, 3.63) is 17.5 Å². The van der Waals surface area contributed by atoms with Crippen molar-refractivity contribution in [1.82, 2.24) is 15.1 Å². The van der Waals surface area contributed by atoms with Crippen LogP contribution in [0, 0.1) is 0 Å². The number of hydrogen-bond donors (Lipinski definition) is 1. The molecule has 1 amide bonds. The van der Waals surface area contributed by atoms with Gasteiger partial charge in [0.05, 0.1) is 38.8 Å². The zero-order valence-corrected chi connectivity index (χ0v) is 10.3. The van der Waals surface area contributed by atoms with E-state index >= 15 is 0 Å². The number of nitrogens with zero attached hydrogens (tertiary/aromatic N) is 2. The van der Waals surface area contributed by atoms with Gasteiger partial charge in [-0.05, 0) is 0 Å². The van der Waals surface area contributed by atoms with Gasteiger partial charge in [-0.1, -0.05) is 0 Å². The Hall–Kier alpha value is -1.93. The Kier molecular flexibility index (Phi) is 2.96. The van der Waals surface area contributed by atoms with Crippen molar-refractivity contribution in [2.75, 3.05) is 20.3 Å². The summed E-state index contributed by atoms with van der Waals surface area (Å²) in [5, 5.41) is 6.64. The normalized spacial score (nSPS) is 22.6. The summed E-state index contributed by atoms with van der Waals surface area (Å²) >= 11 is 0. The zero-order valence-electron chi connectivity index (χ0n) is 10.3. The van der Waals surface area contributed by atoms with Gasteiger partial charge >= 0.3 is 5.97 Å². The first kappa shape index (κ1) is 12.1. The fourth-order valence-electron chi connectivity index (χ4n) is 2.32. The highest BCUT2D eigenvalue weighted by Crippen LogP contribution is 2.34. The Morgan fingerprint density at radius 1 is 1.47 bits per heavy atom. The van der Waals surface area contributed by atoms with Gasteiger partial charge in [0.15, 0.2) is 6.04 Å². The molecule has 1 aromatic heterocycles. The predicted octanol–water partition coefficient (Wildman–Crippen LogP) is -0.661. The summed E-state index contributed by atoms with van der Waals surface area (Å²) in [5.74, 6) is -0.885. The van der Waals surface area contributed by atoms with Crippen molar-refractivity contribution >= 4 is 11.9 Å². The lowest BCUT2D eigenvalue weighted by Gasteiger charge is -2.24. The van der Waals surface area contributed by atoms with Gasteiger partial charge in [-0.2, -0.15) is 5.10 Å². The number of nitrogens with one attached hydrogen (secondary N) is 1. The number of fused-ring (bicyclic) bond motifs is 1. The van der Waals surface area contributed by atoms with E-state index in [2.05, 4.69) is 10.2 Å². The largest absolute Gasteiger partial charge is 0.467 e. The van der Waals surface area contributed by atoms with Crippen molar-refractivity contribution in [2.45, 2.75) is 18.9 Å². The van der Waals surface area contributed by atoms with E-state index in [0.29, 0.717) is 18.8 Å². The first-order chi connectivity index (χ1) is 9.22. The van der Waals surface area contributed by atoms with E-state index in [1.165, 1.54) is 18.2 Å². The number of ether oxygens (including phenoxy) is 3. The third-order valence-corrected chi connectivity index (χ3v) is 3.22. The molecule has 0 aliphatic carbocycles. The molecule has 1 atom stereocenters. The van der Waals surface area contributed by atoms with Gasteiger partial charge in [0.25, 0.3) is 5.91 Å². The molecule has 8 heteroatoms. The van der Waals surface area contributed by atoms with Crippen LogP contribution in [-0.2, 0) is 30.3 Å². The fourth-order valence-corrected chi connectivity index (χ4v) is 2.32. The SMILES string of the molecule is COC(=O)C1c2cn[nH]c2CN1C(=O)C1OCCO1. The van der Waals surface area contributed by atoms with Gasteiger partial charge in [-0.25, -0.2) is 4.79 Å². The second-order valence-corrected chi connectivity index (χ2v) is 4.27. The summed E-state index contributed by atoms with van der Waals surface area (Å²) in [7, 11) is 1.28. The molecule has 3 rings (SSSR count). The van der Waals surface area contributed by atoms with Crippen LogP contribution in [0.4, 0.5) is 0 Å². The average Bonchev–Trinajstić information content (AvgIpc) is 3.12. The highest BCUT2D eigenvalue weighted by Gasteiger charge is 2.44. The summed E-state index contributed by atoms with van der Waals surface area (Å²) in [6.07, 6.45) is 0.588. The number of aromatic nitrogens is 2. The zero-order chi connectivity index (χ0) is 13.4. The molecule has 0 aromatic carbocycles. The molecule has 1 aromatic rings. The second-order valence-electron chi connectivity index (χ2n) is 4.27. The smallest absolute Gasteiger partial charge is 0.333 e. The Morgan fingerprint density at radius 2 is 2.21 bits per heavy atom. The van der Waals surface area contributed by atoms with Gasteiger partial charge in [0.1, 0.15) is 0 Å². The maximum atomic E-state index is 12.3. The van der Waals surface area contributed by atoms with E-state index in [1.807, 2.05) is 0 Å². The summed E-state index contributed by atoms with van der Waals surface area (Å²) < 4.78 is 15.1. The maximum Gasteiger partial charge on any atom is 0.333 e. The summed E-state index contributed by atoms with van der Waals surface area (Å²) in [5.41, 5.74) is 1.37. The van der Waals surface area contributed by atoms with Crippen LogP contribution < -0.4 is 0 Å². The number of rotatable bonds is 2. The molecule has 1 saturated heterocycles. The minimum absolute atomic E-state index is 0.261. The molecular weight excluding hydrogens is 254 g/mol. The second kappa shape index (κ2) is 4.63. The van der Waals surface area contributed by atoms with Crippen LogP contribution in [0.1, 0.15) is 17.3 Å². The molecule has 0 spiro atoms. The van der Waals surface area contributed by atoms with Crippen LogP contribution >= 0.6 is 0 Å². The molecule has 0 saturated carbocycles. The van der Waals surface area contributed by atoms with E-state index < -0.39 is 18.3 Å². The highest BCUT2D eigenvalue weighted by atomic mass is 16.7. The minimum Gasteiger partial charge on any atom is -0.467 e. The molecule has 1 N–H and O–H groups in total. The number of hydrogen-bond acceptors (Lipinski definition) is 6. The molecule has 2 aliphatic rings. The van der Waals surface area contributed by atoms with Crippen LogP contribution in [0.2, 0.25) is 0 Å². The lowest BCUT2D eigenvalue weighted by Crippen LogP contribution is -2.41. The van der Waals surface area contributed by atoms with Gasteiger partial charge in [-0.15, -0.1) is 0 Å². The number of H-pyrrole nitrogens is 1. The van der Waals surface area contributed by atoms with Crippen molar-refractivity contribution in [1.29, 1.82) is 0 Å². The first-order valence-electron chi connectivity index (χ1n) is 5.86. The first-order valence-corrected chi connectivity index (χ1v) is 5.86. The van der Waals surface area contributed by atoms with Crippen LogP contribution in [0.15, 0.2) is 6.20 Å². The molecule has 0 bridgehead atoms. The summed E-state index contributed by atoms with van der Waals surface area (Å²) in [6.45, 7) is 1.01. The topological polar surface area (TPSA) is 93.8 Å². The van der Waals surface area contributed by atoms with Gasteiger partial charge in [0.2, 0.25) is 6.29 Å². The van der Waals surface area contributed by atoms with Crippen LogP contribution in [0.25, 0.3) is 0 Å². The van der Waals surface area contributed by atoms with E-state index in [0.717, 1.165) is 5.69 Å². The predicted molar refractivity (Wildman–Crippen MR) is 59.6 cm³/mol. The van der Waals surface area contributed by atoms with Gasteiger partial charge < -0.3 is 19.1 Å². The molecule has 1 fully saturated rings. The lowest BCUT2D eigenvalue weighted by molar-refractivity contribution is -0.167. The quantitative estimate of drug-likeness (QED) is 0.715. The number of amides is 1. The summed E-state index contributed by atoms with van der Waals surface area (Å²) in [4.78, 5) is 25.5. The highest BCUT2D eigenvalue weighted by molar-refractivity contribution is 5.88. The average molecular weight is 267 g/mol. The van der Waals surface area contributed by atoms with E-state index in [9.17, 15) is 9.59 Å². The molecule has 2 aliphatic heterocycles. The Morgan fingerprint density at radius 3 is 2.89 bits per heavy atom. The van der Waals surface area contributed by atoms with Crippen LogP contribution in [0.5, 0.6) is 0 Å². The molecular formula is C11H13N3O5. The van der Waals surface area contributed by atoms with Gasteiger partial charge in [-0.3, -0.25) is 9.89 Å². The van der Waals surface area contributed by atoms with Crippen LogP contribution in [-0.4, -0.2) is 53.6 Å². The van der Waals surface area contributed by atoms with Crippen molar-refractivity contribution in [3.8, 4) is 0 Å². The molecule has 102 valence electrons. The number of carbonyl (C=O) groups is 2. The minimum atomic E-state index is -0.941. The Labute approximate surface area is 108 Å². The Balaban J connectivity index is 1.87. The number of methoxy groups -OCH3 is 1. The third kappa shape index (κ3) is 1.89.